The quantitative estimate of drug-likeness (QED) is 0.333. The highest BCUT2D eigenvalue weighted by Gasteiger charge is 2.20. The second-order valence-corrected chi connectivity index (χ2v) is 6.07. The van der Waals surface area contributed by atoms with Gasteiger partial charge in [-0.05, 0) is 30.1 Å². The van der Waals surface area contributed by atoms with E-state index in [9.17, 15) is 4.79 Å². The lowest BCUT2D eigenvalue weighted by Gasteiger charge is -2.06. The van der Waals surface area contributed by atoms with Gasteiger partial charge in [0.1, 0.15) is 5.69 Å². The van der Waals surface area contributed by atoms with Crippen LogP contribution in [0.5, 0.6) is 0 Å². The maximum Gasteiger partial charge on any atom is 0.352 e. The maximum atomic E-state index is 12.1. The van der Waals surface area contributed by atoms with Crippen LogP contribution in [-0.2, 0) is 4.74 Å². The number of esters is 1. The molecule has 6 nitrogen and oxygen atoms in total. The minimum Gasteiger partial charge on any atom is -0.461 e. The highest BCUT2D eigenvalue weighted by atomic mass is 32.2. The second kappa shape index (κ2) is 8.00. The minimum atomic E-state index is -0.421. The van der Waals surface area contributed by atoms with Crippen molar-refractivity contribution in [3.8, 4) is 11.3 Å². The van der Waals surface area contributed by atoms with Crippen molar-refractivity contribution in [2.75, 3.05) is 12.9 Å². The number of carbonyl (C=O) groups is 1. The summed E-state index contributed by atoms with van der Waals surface area (Å²) in [7, 11) is 0. The fraction of sp³-hybridized carbons (Fsp3) is 0.357. The molecule has 0 N–H and O–H groups in total. The number of ether oxygens (including phenoxy) is 1. The molecule has 1 atom stereocenters. The van der Waals surface area contributed by atoms with Crippen molar-refractivity contribution in [3.63, 3.8) is 0 Å². The molecule has 0 aliphatic rings. The van der Waals surface area contributed by atoms with Gasteiger partial charge in [0.2, 0.25) is 0 Å². The number of hydrogen-bond acceptors (Lipinski definition) is 8. The number of hydrogen-bond donors (Lipinski definition) is 0. The van der Waals surface area contributed by atoms with Crippen molar-refractivity contribution in [1.82, 2.24) is 19.6 Å². The van der Waals surface area contributed by atoms with E-state index >= 15 is 0 Å². The van der Waals surface area contributed by atoms with Crippen LogP contribution in [0.25, 0.3) is 11.3 Å². The maximum absolute atomic E-state index is 12.1. The van der Waals surface area contributed by atoms with Gasteiger partial charge in [-0.2, -0.15) is 0 Å². The van der Waals surface area contributed by atoms with Crippen LogP contribution >= 0.6 is 23.3 Å². The molecule has 1 unspecified atom stereocenters. The van der Waals surface area contributed by atoms with Crippen LogP contribution < -0.4 is 0 Å². The molecule has 116 valence electrons. The Morgan fingerprint density at radius 2 is 2.23 bits per heavy atom. The lowest BCUT2D eigenvalue weighted by molar-refractivity contribution is 0.0498. The van der Waals surface area contributed by atoms with Crippen LogP contribution in [0, 0.1) is 5.92 Å². The number of allylic oxidation sites excluding steroid dienone is 1. The zero-order chi connectivity index (χ0) is 15.9. The Morgan fingerprint density at radius 1 is 1.50 bits per heavy atom. The van der Waals surface area contributed by atoms with E-state index < -0.39 is 5.97 Å². The van der Waals surface area contributed by atoms with E-state index in [1.165, 1.54) is 11.8 Å². The van der Waals surface area contributed by atoms with Gasteiger partial charge in [0, 0.05) is 18.0 Å². The van der Waals surface area contributed by atoms with Crippen LogP contribution in [0.3, 0.4) is 0 Å². The highest BCUT2D eigenvalue weighted by Crippen LogP contribution is 2.24. The Balaban J connectivity index is 2.07. The molecule has 0 spiro atoms. The molecule has 0 aromatic carbocycles. The summed E-state index contributed by atoms with van der Waals surface area (Å²) in [5.74, 6) is -0.116. The van der Waals surface area contributed by atoms with E-state index in [-0.39, 0.29) is 0 Å². The summed E-state index contributed by atoms with van der Waals surface area (Å²) in [5, 5.41) is 4.65. The van der Waals surface area contributed by atoms with Gasteiger partial charge in [0.05, 0.1) is 6.61 Å². The molecule has 0 aliphatic carbocycles. The van der Waals surface area contributed by atoms with Crippen LogP contribution in [0.1, 0.15) is 23.0 Å². The molecule has 0 saturated carbocycles. The third-order valence-electron chi connectivity index (χ3n) is 2.97. The summed E-state index contributed by atoms with van der Waals surface area (Å²) in [6.45, 7) is 6.06. The SMILES string of the molecule is C=CC(C)CCOC(=O)c1snnc1-c1cnc(SC)nc1. The van der Waals surface area contributed by atoms with Crippen molar-refractivity contribution in [1.29, 1.82) is 0 Å². The first-order valence-electron chi connectivity index (χ1n) is 6.64. The smallest absolute Gasteiger partial charge is 0.352 e. The lowest BCUT2D eigenvalue weighted by Crippen LogP contribution is -2.08. The number of carbonyl (C=O) groups excluding carboxylic acids is 1. The van der Waals surface area contributed by atoms with Crippen LogP contribution in [0.15, 0.2) is 30.2 Å². The summed E-state index contributed by atoms with van der Waals surface area (Å²) in [6, 6.07) is 0. The van der Waals surface area contributed by atoms with Gasteiger partial charge in [-0.25, -0.2) is 14.8 Å². The summed E-state index contributed by atoms with van der Waals surface area (Å²) in [6.07, 6.45) is 7.73. The number of aromatic nitrogens is 4. The number of rotatable bonds is 7. The molecule has 0 fully saturated rings. The van der Waals surface area contributed by atoms with Gasteiger partial charge >= 0.3 is 5.97 Å². The summed E-state index contributed by atoms with van der Waals surface area (Å²) >= 11 is 2.46. The zero-order valence-corrected chi connectivity index (χ0v) is 14.0. The fourth-order valence-corrected chi connectivity index (χ4v) is 2.48. The average Bonchev–Trinajstić information content (AvgIpc) is 3.04. The van der Waals surface area contributed by atoms with Gasteiger partial charge in [0.25, 0.3) is 0 Å². The Hall–Kier alpha value is -1.80. The molecule has 2 aromatic heterocycles. The first-order chi connectivity index (χ1) is 10.7. The zero-order valence-electron chi connectivity index (χ0n) is 12.4. The summed E-state index contributed by atoms with van der Waals surface area (Å²) in [4.78, 5) is 20.8. The molecule has 2 aromatic rings. The second-order valence-electron chi connectivity index (χ2n) is 4.55. The molecule has 0 aliphatic heterocycles. The van der Waals surface area contributed by atoms with Gasteiger partial charge in [-0.15, -0.1) is 11.7 Å². The van der Waals surface area contributed by atoms with Gasteiger partial charge < -0.3 is 4.74 Å². The monoisotopic (exact) mass is 336 g/mol. The fourth-order valence-electron chi connectivity index (χ4n) is 1.58. The predicted molar refractivity (Wildman–Crippen MR) is 87.0 cm³/mol. The predicted octanol–water partition coefficient (Wildman–Crippen LogP) is 3.09. The van der Waals surface area contributed by atoms with E-state index in [0.717, 1.165) is 18.0 Å². The molecule has 0 amide bonds. The normalized spacial score (nSPS) is 11.9. The standard InChI is InChI=1S/C14H16N4O2S2/c1-4-9(2)5-6-20-13(19)12-11(17-18-22-12)10-7-15-14(21-3)16-8-10/h4,7-9H,1,5-6H2,2-3H3. The van der Waals surface area contributed by atoms with Crippen LogP contribution in [-0.4, -0.2) is 38.4 Å². The molecule has 8 heteroatoms. The molecule has 0 saturated heterocycles. The Bertz CT molecular complexity index is 643. The highest BCUT2D eigenvalue weighted by molar-refractivity contribution is 7.98. The summed E-state index contributed by atoms with van der Waals surface area (Å²) in [5.41, 5.74) is 1.11. The Kier molecular flexibility index (Phi) is 6.02. The topological polar surface area (TPSA) is 77.9 Å². The van der Waals surface area contributed by atoms with Gasteiger partial charge in [-0.1, -0.05) is 29.2 Å². The molecular formula is C14H16N4O2S2. The van der Waals surface area contributed by atoms with Crippen LogP contribution in [0.2, 0.25) is 0 Å². The third-order valence-corrected chi connectivity index (χ3v) is 4.25. The van der Waals surface area contributed by atoms with Crippen molar-refractivity contribution >= 4 is 29.3 Å². The first-order valence-corrected chi connectivity index (χ1v) is 8.64. The average molecular weight is 336 g/mol. The minimum absolute atomic E-state index is 0.305. The van der Waals surface area contributed by atoms with E-state index in [2.05, 4.69) is 26.1 Å². The largest absolute Gasteiger partial charge is 0.461 e. The van der Waals surface area contributed by atoms with Crippen molar-refractivity contribution < 1.29 is 9.53 Å². The molecule has 2 rings (SSSR count). The molecule has 0 radical (unpaired) electrons. The lowest BCUT2D eigenvalue weighted by atomic mass is 10.1. The molecular weight excluding hydrogens is 320 g/mol. The van der Waals surface area contributed by atoms with Crippen molar-refractivity contribution in [2.24, 2.45) is 5.92 Å². The summed E-state index contributed by atoms with van der Waals surface area (Å²) < 4.78 is 9.10. The Labute approximate surface area is 137 Å². The van der Waals surface area contributed by atoms with Gasteiger partial charge in [-0.3, -0.25) is 0 Å². The Morgan fingerprint density at radius 3 is 2.86 bits per heavy atom. The van der Waals surface area contributed by atoms with Gasteiger partial charge in [0.15, 0.2) is 10.0 Å². The molecule has 2 heterocycles. The third kappa shape index (κ3) is 4.11. The molecule has 22 heavy (non-hydrogen) atoms. The van der Waals surface area contributed by atoms with Crippen molar-refractivity contribution in [3.05, 3.63) is 29.9 Å². The van der Waals surface area contributed by atoms with E-state index in [4.69, 9.17) is 4.74 Å². The number of thioether (sulfide) groups is 1. The van der Waals surface area contributed by atoms with E-state index in [0.29, 0.717) is 33.8 Å². The van der Waals surface area contributed by atoms with E-state index in [1.807, 2.05) is 19.3 Å². The number of nitrogens with zero attached hydrogens (tertiary/aromatic N) is 4. The van der Waals surface area contributed by atoms with Crippen LogP contribution in [0.4, 0.5) is 0 Å². The van der Waals surface area contributed by atoms with E-state index in [1.54, 1.807) is 12.4 Å². The molecule has 0 bridgehead atoms. The van der Waals surface area contributed by atoms with Crippen molar-refractivity contribution in [2.45, 2.75) is 18.5 Å². The first kappa shape index (κ1) is 16.6.